The van der Waals surface area contributed by atoms with Crippen LogP contribution in [0.1, 0.15) is 25.3 Å². The highest BCUT2D eigenvalue weighted by Gasteiger charge is 2.37. The van der Waals surface area contributed by atoms with Crippen LogP contribution >= 0.6 is 15.9 Å². The molecule has 0 bridgehead atoms. The van der Waals surface area contributed by atoms with E-state index in [9.17, 15) is 0 Å². The van der Waals surface area contributed by atoms with Gasteiger partial charge < -0.3 is 10.5 Å². The van der Waals surface area contributed by atoms with Crippen molar-refractivity contribution in [3.8, 4) is 0 Å². The van der Waals surface area contributed by atoms with E-state index in [0.717, 1.165) is 30.5 Å². The molecule has 106 valence electrons. The van der Waals surface area contributed by atoms with Crippen LogP contribution in [0.25, 0.3) is 0 Å². The van der Waals surface area contributed by atoms with E-state index in [0.29, 0.717) is 12.6 Å². The first-order chi connectivity index (χ1) is 9.05. The van der Waals surface area contributed by atoms with Crippen molar-refractivity contribution in [3.63, 3.8) is 0 Å². The molecule has 2 rings (SSSR count). The van der Waals surface area contributed by atoms with Gasteiger partial charge in [-0.3, -0.25) is 4.90 Å². The lowest BCUT2D eigenvalue weighted by atomic mass is 9.85. The van der Waals surface area contributed by atoms with Crippen LogP contribution in [0.2, 0.25) is 0 Å². The van der Waals surface area contributed by atoms with Crippen LogP contribution < -0.4 is 5.73 Å². The van der Waals surface area contributed by atoms with Crippen LogP contribution in [0, 0.1) is 0 Å². The van der Waals surface area contributed by atoms with E-state index in [2.05, 4.69) is 59.1 Å². The molecule has 2 N–H and O–H groups in total. The standard InChI is InChI=1S/C15H23BrN2O/c1-12-9-15(11-17,7-8-19-12)18(2)10-13-3-5-14(16)6-4-13/h3-6,12H,7-11,17H2,1-2H3. The Bertz CT molecular complexity index is 409. The van der Waals surface area contributed by atoms with Gasteiger partial charge in [-0.2, -0.15) is 0 Å². The number of hydrogen-bond donors (Lipinski definition) is 1. The van der Waals surface area contributed by atoms with Crippen LogP contribution in [0.4, 0.5) is 0 Å². The molecule has 1 aliphatic heterocycles. The number of rotatable bonds is 4. The number of benzene rings is 1. The highest BCUT2D eigenvalue weighted by Crippen LogP contribution is 2.30. The maximum atomic E-state index is 6.07. The van der Waals surface area contributed by atoms with Crippen molar-refractivity contribution in [2.45, 2.75) is 38.0 Å². The van der Waals surface area contributed by atoms with Crippen molar-refractivity contribution in [1.82, 2.24) is 4.90 Å². The molecular formula is C15H23BrN2O. The zero-order valence-corrected chi connectivity index (χ0v) is 13.3. The SMILES string of the molecule is CC1CC(CN)(N(C)Cc2ccc(Br)cc2)CCO1. The third-order valence-corrected chi connectivity index (χ3v) is 4.69. The van der Waals surface area contributed by atoms with Gasteiger partial charge in [0.2, 0.25) is 0 Å². The Balaban J connectivity index is 2.08. The molecule has 4 heteroatoms. The van der Waals surface area contributed by atoms with Crippen molar-refractivity contribution >= 4 is 15.9 Å². The molecule has 0 aliphatic carbocycles. The highest BCUT2D eigenvalue weighted by molar-refractivity contribution is 9.10. The summed E-state index contributed by atoms with van der Waals surface area (Å²) in [6.45, 7) is 4.56. The fourth-order valence-corrected chi connectivity index (χ4v) is 3.13. The summed E-state index contributed by atoms with van der Waals surface area (Å²) in [4.78, 5) is 2.40. The Hall–Kier alpha value is -0.420. The van der Waals surface area contributed by atoms with E-state index in [1.165, 1.54) is 5.56 Å². The third kappa shape index (κ3) is 3.57. The maximum Gasteiger partial charge on any atom is 0.0565 e. The van der Waals surface area contributed by atoms with E-state index in [4.69, 9.17) is 10.5 Å². The number of nitrogens with zero attached hydrogens (tertiary/aromatic N) is 1. The van der Waals surface area contributed by atoms with E-state index in [-0.39, 0.29) is 5.54 Å². The fourth-order valence-electron chi connectivity index (χ4n) is 2.87. The van der Waals surface area contributed by atoms with Gasteiger partial charge in [0.05, 0.1) is 6.10 Å². The van der Waals surface area contributed by atoms with Crippen LogP contribution in [0.15, 0.2) is 28.7 Å². The fraction of sp³-hybridized carbons (Fsp3) is 0.600. The summed E-state index contributed by atoms with van der Waals surface area (Å²) in [5, 5.41) is 0. The first-order valence-corrected chi connectivity index (χ1v) is 7.62. The maximum absolute atomic E-state index is 6.07. The average Bonchev–Trinajstić information content (AvgIpc) is 2.41. The van der Waals surface area contributed by atoms with Crippen LogP contribution in [-0.2, 0) is 11.3 Å². The molecule has 0 radical (unpaired) electrons. The molecule has 3 nitrogen and oxygen atoms in total. The molecule has 0 saturated carbocycles. The topological polar surface area (TPSA) is 38.5 Å². The Morgan fingerprint density at radius 3 is 2.68 bits per heavy atom. The van der Waals surface area contributed by atoms with Gasteiger partial charge in [0.25, 0.3) is 0 Å². The zero-order valence-electron chi connectivity index (χ0n) is 11.7. The molecule has 0 spiro atoms. The molecular weight excluding hydrogens is 304 g/mol. The lowest BCUT2D eigenvalue weighted by Gasteiger charge is -2.46. The second-order valence-corrected chi connectivity index (χ2v) is 6.46. The Morgan fingerprint density at radius 2 is 2.11 bits per heavy atom. The minimum absolute atomic E-state index is 0.0741. The monoisotopic (exact) mass is 326 g/mol. The van der Waals surface area contributed by atoms with Crippen LogP contribution in [0.5, 0.6) is 0 Å². The molecule has 1 aromatic rings. The van der Waals surface area contributed by atoms with Gasteiger partial charge in [-0.15, -0.1) is 0 Å². The van der Waals surface area contributed by atoms with Crippen molar-refractivity contribution in [2.24, 2.45) is 5.73 Å². The van der Waals surface area contributed by atoms with E-state index >= 15 is 0 Å². The quantitative estimate of drug-likeness (QED) is 0.924. The Labute approximate surface area is 124 Å². The molecule has 1 saturated heterocycles. The number of ether oxygens (including phenoxy) is 1. The average molecular weight is 327 g/mol. The van der Waals surface area contributed by atoms with Gasteiger partial charge in [0, 0.05) is 29.7 Å². The Kier molecular flexibility index (Phi) is 5.01. The molecule has 0 aromatic heterocycles. The van der Waals surface area contributed by atoms with E-state index in [1.54, 1.807) is 0 Å². The summed E-state index contributed by atoms with van der Waals surface area (Å²) in [7, 11) is 2.17. The smallest absolute Gasteiger partial charge is 0.0565 e. The molecule has 0 amide bonds. The summed E-state index contributed by atoms with van der Waals surface area (Å²) in [6, 6.07) is 8.50. The molecule has 1 fully saturated rings. The van der Waals surface area contributed by atoms with Crippen LogP contribution in [-0.4, -0.2) is 36.7 Å². The molecule has 1 heterocycles. The number of hydrogen-bond acceptors (Lipinski definition) is 3. The lowest BCUT2D eigenvalue weighted by Crippen LogP contribution is -2.56. The van der Waals surface area contributed by atoms with E-state index in [1.807, 2.05) is 0 Å². The van der Waals surface area contributed by atoms with Gasteiger partial charge in [-0.05, 0) is 44.5 Å². The third-order valence-electron chi connectivity index (χ3n) is 4.16. The highest BCUT2D eigenvalue weighted by atomic mass is 79.9. The summed E-state index contributed by atoms with van der Waals surface area (Å²) < 4.78 is 6.78. The lowest BCUT2D eigenvalue weighted by molar-refractivity contribution is -0.0584. The number of nitrogens with two attached hydrogens (primary N) is 1. The predicted octanol–water partition coefficient (Wildman–Crippen LogP) is 2.78. The number of likely N-dealkylation sites (N-methyl/N-ethyl adjacent to an activating group) is 1. The van der Waals surface area contributed by atoms with Crippen molar-refractivity contribution < 1.29 is 4.74 Å². The number of halogens is 1. The van der Waals surface area contributed by atoms with Crippen molar-refractivity contribution in [1.29, 1.82) is 0 Å². The molecule has 2 unspecified atom stereocenters. The normalized spacial score (nSPS) is 27.7. The van der Waals surface area contributed by atoms with Gasteiger partial charge in [0.15, 0.2) is 0 Å². The van der Waals surface area contributed by atoms with Gasteiger partial charge in [-0.1, -0.05) is 28.1 Å². The van der Waals surface area contributed by atoms with Gasteiger partial charge >= 0.3 is 0 Å². The summed E-state index contributed by atoms with van der Waals surface area (Å²) in [5.74, 6) is 0. The zero-order chi connectivity index (χ0) is 13.9. The minimum Gasteiger partial charge on any atom is -0.378 e. The largest absolute Gasteiger partial charge is 0.378 e. The molecule has 19 heavy (non-hydrogen) atoms. The minimum atomic E-state index is 0.0741. The second-order valence-electron chi connectivity index (χ2n) is 5.55. The molecule has 1 aliphatic rings. The van der Waals surface area contributed by atoms with Crippen molar-refractivity contribution in [3.05, 3.63) is 34.3 Å². The summed E-state index contributed by atoms with van der Waals surface area (Å²) >= 11 is 3.47. The predicted molar refractivity (Wildman–Crippen MR) is 82.0 cm³/mol. The van der Waals surface area contributed by atoms with Crippen LogP contribution in [0.3, 0.4) is 0 Å². The first-order valence-electron chi connectivity index (χ1n) is 6.83. The summed E-state index contributed by atoms with van der Waals surface area (Å²) in [5.41, 5.74) is 7.47. The second kappa shape index (κ2) is 6.35. The van der Waals surface area contributed by atoms with Crippen molar-refractivity contribution in [2.75, 3.05) is 20.2 Å². The van der Waals surface area contributed by atoms with Gasteiger partial charge in [-0.25, -0.2) is 0 Å². The molecule has 1 aromatic carbocycles. The first kappa shape index (κ1) is 15.0. The Morgan fingerprint density at radius 1 is 1.42 bits per heavy atom. The van der Waals surface area contributed by atoms with Gasteiger partial charge in [0.1, 0.15) is 0 Å². The molecule has 2 atom stereocenters. The summed E-state index contributed by atoms with van der Waals surface area (Å²) in [6.07, 6.45) is 2.32. The van der Waals surface area contributed by atoms with E-state index < -0.39 is 0 Å².